The minimum Gasteiger partial charge on any atom is -0.360 e. The summed E-state index contributed by atoms with van der Waals surface area (Å²) in [7, 11) is 0. The maximum Gasteiger partial charge on any atom is 0.294 e. The molecule has 0 bridgehead atoms. The van der Waals surface area contributed by atoms with E-state index in [-0.39, 0.29) is 12.1 Å². The number of imide groups is 1. The summed E-state index contributed by atoms with van der Waals surface area (Å²) in [6.07, 6.45) is 4.04. The topological polar surface area (TPSA) is 69.7 Å². The number of benzene rings is 2. The van der Waals surface area contributed by atoms with Crippen LogP contribution in [0.25, 0.3) is 11.6 Å². The summed E-state index contributed by atoms with van der Waals surface area (Å²) in [4.78, 5) is 41.7. The molecule has 0 aromatic heterocycles. The van der Waals surface area contributed by atoms with Gasteiger partial charge in [-0.1, -0.05) is 24.3 Å². The third-order valence-corrected chi connectivity index (χ3v) is 7.20. The van der Waals surface area contributed by atoms with Gasteiger partial charge in [0.1, 0.15) is 6.54 Å². The first kappa shape index (κ1) is 24.8. The number of carbonyl (C=O) groups excluding carboxylic acids is 3. The molecule has 35 heavy (non-hydrogen) atoms. The summed E-state index contributed by atoms with van der Waals surface area (Å²) < 4.78 is 0. The summed E-state index contributed by atoms with van der Waals surface area (Å²) in [6, 6.07) is 13.5. The Morgan fingerprint density at radius 2 is 1.80 bits per heavy atom. The predicted octanol–water partition coefficient (Wildman–Crippen LogP) is 6.08. The van der Waals surface area contributed by atoms with Crippen LogP contribution in [0.3, 0.4) is 0 Å². The first-order chi connectivity index (χ1) is 16.5. The van der Waals surface area contributed by atoms with Gasteiger partial charge in [-0.25, -0.2) is 0 Å². The fraction of sp³-hybridized carbons (Fsp3) is 0.321. The first-order valence-corrected chi connectivity index (χ1v) is 12.5. The van der Waals surface area contributed by atoms with E-state index in [1.54, 1.807) is 30.3 Å². The third-order valence-electron chi connectivity index (χ3n) is 6.30. The van der Waals surface area contributed by atoms with E-state index in [1.807, 2.05) is 13.0 Å². The van der Waals surface area contributed by atoms with Crippen molar-refractivity contribution in [1.82, 2.24) is 4.90 Å². The lowest BCUT2D eigenvalue weighted by Crippen LogP contribution is -2.49. The molecule has 1 N–H and O–H groups in total. The van der Waals surface area contributed by atoms with E-state index < -0.39 is 17.1 Å². The molecule has 0 saturated carbocycles. The van der Waals surface area contributed by atoms with Gasteiger partial charge in [0.05, 0.1) is 10.4 Å². The normalized spacial score (nSPS) is 18.3. The van der Waals surface area contributed by atoms with Crippen molar-refractivity contribution in [2.24, 2.45) is 0 Å². The number of thioether (sulfide) groups is 1. The summed E-state index contributed by atoms with van der Waals surface area (Å²) in [5.41, 5.74) is 5.89. The minimum atomic E-state index is -0.447. The summed E-state index contributed by atoms with van der Waals surface area (Å²) in [5.74, 6) is -0.862. The van der Waals surface area contributed by atoms with Crippen LogP contribution in [-0.2, 0) is 9.59 Å². The van der Waals surface area contributed by atoms with Crippen molar-refractivity contribution in [3.05, 3.63) is 70.1 Å². The van der Waals surface area contributed by atoms with Crippen molar-refractivity contribution >= 4 is 51.8 Å². The monoisotopic (exact) mass is 489 g/mol. The molecule has 0 aliphatic carbocycles. The molecule has 2 heterocycles. The van der Waals surface area contributed by atoms with Crippen LogP contribution >= 0.6 is 11.8 Å². The van der Waals surface area contributed by atoms with Crippen molar-refractivity contribution in [3.8, 4) is 0 Å². The van der Waals surface area contributed by atoms with Crippen LogP contribution in [0.2, 0.25) is 0 Å². The van der Waals surface area contributed by atoms with Crippen LogP contribution in [0.1, 0.15) is 51.3 Å². The van der Waals surface area contributed by atoms with Crippen LogP contribution in [-0.4, -0.2) is 40.1 Å². The molecule has 1 saturated heterocycles. The number of hydrogen-bond acceptors (Lipinski definition) is 5. The van der Waals surface area contributed by atoms with Gasteiger partial charge in [0.2, 0.25) is 5.91 Å². The Bertz CT molecular complexity index is 1260. The number of nitrogens with one attached hydrogen (secondary N) is 1. The number of nitrogens with zero attached hydrogens (tertiary/aromatic N) is 2. The Morgan fingerprint density at radius 3 is 2.46 bits per heavy atom. The second-order valence-electron chi connectivity index (χ2n) is 9.85. The van der Waals surface area contributed by atoms with Crippen molar-refractivity contribution in [2.45, 2.75) is 53.1 Å². The first-order valence-electron chi connectivity index (χ1n) is 11.7. The third kappa shape index (κ3) is 4.91. The molecule has 4 rings (SSSR count). The van der Waals surface area contributed by atoms with Crippen LogP contribution in [0.4, 0.5) is 16.2 Å². The molecule has 2 aromatic rings. The van der Waals surface area contributed by atoms with Crippen LogP contribution < -0.4 is 10.2 Å². The number of allylic oxidation sites excluding steroid dienone is 1. The second-order valence-corrected chi connectivity index (χ2v) is 10.8. The average Bonchev–Trinajstić information content (AvgIpc) is 3.02. The highest BCUT2D eigenvalue weighted by atomic mass is 32.2. The number of carbonyl (C=O) groups is 3. The fourth-order valence-electron chi connectivity index (χ4n) is 4.95. The molecule has 2 aromatic carbocycles. The van der Waals surface area contributed by atoms with Gasteiger partial charge in [-0.05, 0) is 100 Å². The number of amides is 3. The zero-order valence-electron chi connectivity index (χ0n) is 21.0. The van der Waals surface area contributed by atoms with Crippen LogP contribution in [0.5, 0.6) is 0 Å². The second kappa shape index (κ2) is 9.38. The number of fused-ring (bicyclic) bond motifs is 1. The maximum atomic E-state index is 13.0. The van der Waals surface area contributed by atoms with E-state index in [4.69, 9.17) is 0 Å². The van der Waals surface area contributed by atoms with Crippen LogP contribution in [0, 0.1) is 6.92 Å². The lowest BCUT2D eigenvalue weighted by Gasteiger charge is -2.46. The van der Waals surface area contributed by atoms with Gasteiger partial charge in [-0.2, -0.15) is 0 Å². The minimum absolute atomic E-state index is 0.109. The number of aryl methyl sites for hydroxylation is 1. The van der Waals surface area contributed by atoms with E-state index in [1.165, 1.54) is 11.3 Å². The van der Waals surface area contributed by atoms with Crippen molar-refractivity contribution < 1.29 is 14.4 Å². The molecule has 7 heteroatoms. The van der Waals surface area contributed by atoms with E-state index in [0.717, 1.165) is 33.4 Å². The summed E-state index contributed by atoms with van der Waals surface area (Å²) >= 11 is 0.871. The van der Waals surface area contributed by atoms with Gasteiger partial charge in [-0.15, -0.1) is 0 Å². The summed E-state index contributed by atoms with van der Waals surface area (Å²) in [6.45, 7) is 12.6. The standard InChI is InChI=1S/C28H31N3O3S/c1-17(2)31-23-12-18(3)20(13-22(23)19(4)15-28(31,5)6)14-24-26(33)30(27(34)35-24)16-25(32)29-21-10-8-7-9-11-21/h7-15,17H,16H2,1-6H3,(H,29,32)/b24-14-. The van der Waals surface area contributed by atoms with Gasteiger partial charge in [-0.3, -0.25) is 19.3 Å². The highest BCUT2D eigenvalue weighted by Crippen LogP contribution is 2.42. The largest absolute Gasteiger partial charge is 0.360 e. The number of anilines is 2. The van der Waals surface area contributed by atoms with Gasteiger partial charge < -0.3 is 10.2 Å². The van der Waals surface area contributed by atoms with Crippen LogP contribution in [0.15, 0.2) is 53.4 Å². The number of hydrogen-bond donors (Lipinski definition) is 1. The zero-order valence-corrected chi connectivity index (χ0v) is 21.8. The van der Waals surface area contributed by atoms with E-state index in [9.17, 15) is 14.4 Å². The van der Waals surface area contributed by atoms with E-state index in [0.29, 0.717) is 16.6 Å². The molecule has 0 atom stereocenters. The van der Waals surface area contributed by atoms with Gasteiger partial charge >= 0.3 is 0 Å². The summed E-state index contributed by atoms with van der Waals surface area (Å²) in [5, 5.41) is 2.28. The molecule has 3 amide bonds. The molecular formula is C28H31N3O3S. The molecule has 182 valence electrons. The molecule has 0 spiro atoms. The quantitative estimate of drug-likeness (QED) is 0.516. The van der Waals surface area contributed by atoms with Crippen molar-refractivity contribution in [3.63, 3.8) is 0 Å². The smallest absolute Gasteiger partial charge is 0.294 e. The SMILES string of the molecule is CC1=CC(C)(C)N(C(C)C)c2cc(C)c(/C=C3\SC(=O)N(CC(=O)Nc4ccccc4)C3=O)cc21. The van der Waals surface area contributed by atoms with E-state index in [2.05, 4.69) is 63.0 Å². The molecule has 0 unspecified atom stereocenters. The molecule has 0 radical (unpaired) electrons. The Balaban J connectivity index is 1.59. The molecule has 6 nitrogen and oxygen atoms in total. The fourth-order valence-corrected chi connectivity index (χ4v) is 5.78. The average molecular weight is 490 g/mol. The highest BCUT2D eigenvalue weighted by Gasteiger charge is 2.37. The lowest BCUT2D eigenvalue weighted by atomic mass is 9.86. The van der Waals surface area contributed by atoms with Gasteiger partial charge in [0, 0.05) is 23.0 Å². The maximum absolute atomic E-state index is 13.0. The zero-order chi connectivity index (χ0) is 25.5. The molecular weight excluding hydrogens is 458 g/mol. The van der Waals surface area contributed by atoms with E-state index >= 15 is 0 Å². The molecule has 2 aliphatic rings. The van der Waals surface area contributed by atoms with Gasteiger partial charge in [0.15, 0.2) is 0 Å². The Kier molecular flexibility index (Phi) is 6.64. The van der Waals surface area contributed by atoms with Gasteiger partial charge in [0.25, 0.3) is 11.1 Å². The highest BCUT2D eigenvalue weighted by molar-refractivity contribution is 8.18. The number of para-hydroxylation sites is 1. The predicted molar refractivity (Wildman–Crippen MR) is 144 cm³/mol. The Morgan fingerprint density at radius 1 is 1.11 bits per heavy atom. The Hall–Kier alpha value is -3.32. The van der Waals surface area contributed by atoms with Crippen molar-refractivity contribution in [2.75, 3.05) is 16.8 Å². The van der Waals surface area contributed by atoms with Crippen molar-refractivity contribution in [1.29, 1.82) is 0 Å². The molecule has 2 aliphatic heterocycles. The molecule has 1 fully saturated rings. The Labute approximate surface area is 211 Å². The number of rotatable bonds is 5. The lowest BCUT2D eigenvalue weighted by molar-refractivity contribution is -0.127.